The van der Waals surface area contributed by atoms with Gasteiger partial charge in [0.25, 0.3) is 0 Å². The van der Waals surface area contributed by atoms with Gasteiger partial charge in [-0.3, -0.25) is 9.55 Å². The molecule has 3 aromatic heterocycles. The minimum absolute atomic E-state index is 0.0883. The van der Waals surface area contributed by atoms with Crippen LogP contribution < -0.4 is 11.0 Å². The number of nitrogens with one attached hydrogen (secondary N) is 1. The zero-order chi connectivity index (χ0) is 21.4. The lowest BCUT2D eigenvalue weighted by atomic mass is 10.1. The summed E-state index contributed by atoms with van der Waals surface area (Å²) >= 11 is 0. The molecule has 4 heterocycles. The van der Waals surface area contributed by atoms with Crippen molar-refractivity contribution in [3.8, 4) is 0 Å². The van der Waals surface area contributed by atoms with Crippen molar-refractivity contribution in [1.29, 1.82) is 0 Å². The van der Waals surface area contributed by atoms with E-state index in [1.54, 1.807) is 23.0 Å². The molecule has 1 atom stereocenters. The van der Waals surface area contributed by atoms with E-state index in [0.29, 0.717) is 25.0 Å². The lowest BCUT2D eigenvalue weighted by Gasteiger charge is -2.17. The Morgan fingerprint density at radius 1 is 1.23 bits per heavy atom. The molecule has 0 saturated carbocycles. The van der Waals surface area contributed by atoms with Gasteiger partial charge in [-0.1, -0.05) is 6.07 Å². The van der Waals surface area contributed by atoms with Gasteiger partial charge in [0.2, 0.25) is 0 Å². The number of anilines is 1. The number of pyridine rings is 2. The fourth-order valence-electron chi connectivity index (χ4n) is 4.20. The highest BCUT2D eigenvalue weighted by Crippen LogP contribution is 2.23. The molecule has 4 aromatic rings. The van der Waals surface area contributed by atoms with Crippen LogP contribution in [0.25, 0.3) is 10.9 Å². The number of benzene rings is 1. The minimum Gasteiger partial charge on any atom is -0.367 e. The Hall–Kier alpha value is -3.55. The molecular formula is C23H23FN6O. The average molecular weight is 418 g/mol. The maximum atomic E-state index is 13.6. The maximum Gasteiger partial charge on any atom is 0.346 e. The van der Waals surface area contributed by atoms with Gasteiger partial charge in [-0.05, 0) is 55.2 Å². The fourth-order valence-corrected chi connectivity index (χ4v) is 4.20. The summed E-state index contributed by atoms with van der Waals surface area (Å²) in [7, 11) is 0. The highest BCUT2D eigenvalue weighted by Gasteiger charge is 2.21. The normalized spacial score (nSPS) is 16.1. The van der Waals surface area contributed by atoms with Gasteiger partial charge in [0.05, 0.1) is 12.1 Å². The molecule has 8 heteroatoms. The van der Waals surface area contributed by atoms with Gasteiger partial charge >= 0.3 is 5.69 Å². The maximum absolute atomic E-state index is 13.6. The summed E-state index contributed by atoms with van der Waals surface area (Å²) in [4.78, 5) is 21.5. The SMILES string of the molecule is Cc1cc(NC2CCc3nn(Cc4cccnc4)c(=O)n3CC2)nc2cc(F)ccc12. The monoisotopic (exact) mass is 418 g/mol. The molecule has 1 aromatic carbocycles. The van der Waals surface area contributed by atoms with Crippen LogP contribution in [0.15, 0.2) is 53.6 Å². The van der Waals surface area contributed by atoms with E-state index in [-0.39, 0.29) is 17.5 Å². The molecule has 0 fully saturated rings. The van der Waals surface area contributed by atoms with Crippen molar-refractivity contribution in [3.05, 3.63) is 82.0 Å². The Balaban J connectivity index is 1.32. The summed E-state index contributed by atoms with van der Waals surface area (Å²) in [5.41, 5.74) is 2.55. The van der Waals surface area contributed by atoms with Crippen LogP contribution in [-0.4, -0.2) is 30.4 Å². The van der Waals surface area contributed by atoms with Gasteiger partial charge in [0.15, 0.2) is 0 Å². The Labute approximate surface area is 178 Å². The third-order valence-electron chi connectivity index (χ3n) is 5.80. The number of aromatic nitrogens is 5. The van der Waals surface area contributed by atoms with Gasteiger partial charge in [0.1, 0.15) is 17.5 Å². The summed E-state index contributed by atoms with van der Waals surface area (Å²) in [6, 6.07) is 10.6. The molecule has 0 aliphatic carbocycles. The van der Waals surface area contributed by atoms with Gasteiger partial charge in [-0.2, -0.15) is 5.10 Å². The van der Waals surface area contributed by atoms with E-state index in [4.69, 9.17) is 0 Å². The number of hydrogen-bond acceptors (Lipinski definition) is 5. The lowest BCUT2D eigenvalue weighted by molar-refractivity contribution is 0.552. The van der Waals surface area contributed by atoms with Crippen LogP contribution in [0, 0.1) is 12.7 Å². The van der Waals surface area contributed by atoms with Crippen molar-refractivity contribution in [2.75, 3.05) is 5.32 Å². The second-order valence-corrected chi connectivity index (χ2v) is 8.02. The first-order valence-corrected chi connectivity index (χ1v) is 10.5. The first-order valence-electron chi connectivity index (χ1n) is 10.5. The Morgan fingerprint density at radius 3 is 2.97 bits per heavy atom. The number of aryl methyl sites for hydroxylation is 2. The smallest absolute Gasteiger partial charge is 0.346 e. The minimum atomic E-state index is -0.293. The summed E-state index contributed by atoms with van der Waals surface area (Å²) in [5.74, 6) is 1.25. The highest BCUT2D eigenvalue weighted by molar-refractivity contribution is 5.83. The molecule has 7 nitrogen and oxygen atoms in total. The molecule has 0 spiro atoms. The molecule has 0 saturated heterocycles. The van der Waals surface area contributed by atoms with Crippen LogP contribution in [0.3, 0.4) is 0 Å². The zero-order valence-electron chi connectivity index (χ0n) is 17.3. The van der Waals surface area contributed by atoms with Crippen LogP contribution in [0.4, 0.5) is 10.2 Å². The number of nitrogens with zero attached hydrogens (tertiary/aromatic N) is 5. The Kier molecular flexibility index (Phi) is 4.97. The van der Waals surface area contributed by atoms with E-state index in [1.165, 1.54) is 16.8 Å². The van der Waals surface area contributed by atoms with Crippen molar-refractivity contribution in [1.82, 2.24) is 24.3 Å². The summed E-state index contributed by atoms with van der Waals surface area (Å²) in [6.45, 7) is 3.02. The van der Waals surface area contributed by atoms with Crippen LogP contribution in [0.2, 0.25) is 0 Å². The van der Waals surface area contributed by atoms with Crippen molar-refractivity contribution in [2.24, 2.45) is 0 Å². The molecule has 31 heavy (non-hydrogen) atoms. The molecule has 1 aliphatic rings. The topological polar surface area (TPSA) is 77.6 Å². The molecule has 0 amide bonds. The van der Waals surface area contributed by atoms with Crippen molar-refractivity contribution in [3.63, 3.8) is 0 Å². The van der Waals surface area contributed by atoms with E-state index < -0.39 is 0 Å². The van der Waals surface area contributed by atoms with Crippen molar-refractivity contribution < 1.29 is 4.39 Å². The highest BCUT2D eigenvalue weighted by atomic mass is 19.1. The van der Waals surface area contributed by atoms with Gasteiger partial charge in [-0.25, -0.2) is 18.9 Å². The second-order valence-electron chi connectivity index (χ2n) is 8.02. The molecule has 1 N–H and O–H groups in total. The first-order chi connectivity index (χ1) is 15.1. The third kappa shape index (κ3) is 3.93. The fraction of sp³-hybridized carbons (Fsp3) is 0.304. The van der Waals surface area contributed by atoms with Gasteiger partial charge in [0, 0.05) is 42.9 Å². The average Bonchev–Trinajstić information content (AvgIpc) is 2.91. The van der Waals surface area contributed by atoms with Crippen molar-refractivity contribution in [2.45, 2.75) is 45.3 Å². The Morgan fingerprint density at radius 2 is 2.13 bits per heavy atom. The lowest BCUT2D eigenvalue weighted by Crippen LogP contribution is -2.27. The number of hydrogen-bond donors (Lipinski definition) is 1. The molecular weight excluding hydrogens is 395 g/mol. The van der Waals surface area contributed by atoms with Crippen LogP contribution in [0.5, 0.6) is 0 Å². The third-order valence-corrected chi connectivity index (χ3v) is 5.80. The predicted molar refractivity (Wildman–Crippen MR) is 117 cm³/mol. The van der Waals surface area contributed by atoms with Crippen LogP contribution >= 0.6 is 0 Å². The van der Waals surface area contributed by atoms with Crippen LogP contribution in [0.1, 0.15) is 29.8 Å². The molecule has 5 rings (SSSR count). The van der Waals surface area contributed by atoms with E-state index in [1.807, 2.05) is 25.1 Å². The Bertz CT molecular complexity index is 1300. The quantitative estimate of drug-likeness (QED) is 0.550. The largest absolute Gasteiger partial charge is 0.367 e. The summed E-state index contributed by atoms with van der Waals surface area (Å²) in [5, 5.41) is 8.99. The first kappa shape index (κ1) is 19.4. The van der Waals surface area contributed by atoms with E-state index >= 15 is 0 Å². The van der Waals surface area contributed by atoms with E-state index in [9.17, 15) is 9.18 Å². The molecule has 1 aliphatic heterocycles. The van der Waals surface area contributed by atoms with Gasteiger partial charge in [-0.15, -0.1) is 0 Å². The predicted octanol–water partition coefficient (Wildman–Crippen LogP) is 3.30. The van der Waals surface area contributed by atoms with E-state index in [0.717, 1.165) is 41.0 Å². The van der Waals surface area contributed by atoms with Gasteiger partial charge < -0.3 is 5.32 Å². The van der Waals surface area contributed by atoms with Crippen molar-refractivity contribution >= 4 is 16.7 Å². The number of fused-ring (bicyclic) bond motifs is 2. The second kappa shape index (κ2) is 7.94. The molecule has 0 bridgehead atoms. The summed E-state index contributed by atoms with van der Waals surface area (Å²) < 4.78 is 16.9. The number of rotatable bonds is 4. The zero-order valence-corrected chi connectivity index (χ0v) is 17.3. The summed E-state index contributed by atoms with van der Waals surface area (Å²) in [6.07, 6.45) is 5.79. The van der Waals surface area contributed by atoms with Crippen LogP contribution in [-0.2, 0) is 19.5 Å². The molecule has 158 valence electrons. The molecule has 1 unspecified atom stereocenters. The standard InChI is InChI=1S/C23H23FN6O/c1-15-11-21(27-20-12-17(24)4-6-19(15)20)26-18-5-7-22-28-30(23(31)29(22)10-8-18)14-16-3-2-9-25-13-16/h2-4,6,9,11-13,18H,5,7-8,10,14H2,1H3,(H,26,27). The number of halogens is 1. The molecule has 0 radical (unpaired) electrons. The van der Waals surface area contributed by atoms with E-state index in [2.05, 4.69) is 20.4 Å².